The lowest BCUT2D eigenvalue weighted by Crippen LogP contribution is -2.11. The highest BCUT2D eigenvalue weighted by Gasteiger charge is 2.07. The van der Waals surface area contributed by atoms with Gasteiger partial charge in [0.05, 0.1) is 0 Å². The van der Waals surface area contributed by atoms with Gasteiger partial charge in [0.1, 0.15) is 11.5 Å². The van der Waals surface area contributed by atoms with E-state index < -0.39 is 0 Å². The van der Waals surface area contributed by atoms with Crippen LogP contribution in [0, 0.1) is 0 Å². The van der Waals surface area contributed by atoms with E-state index >= 15 is 0 Å². The summed E-state index contributed by atoms with van der Waals surface area (Å²) >= 11 is 0. The maximum atomic E-state index is 12.2. The van der Waals surface area contributed by atoms with Gasteiger partial charge in [0.25, 0.3) is 5.91 Å². The van der Waals surface area contributed by atoms with Crippen LogP contribution in [-0.4, -0.2) is 16.1 Å². The van der Waals surface area contributed by atoms with Crippen molar-refractivity contribution in [3.63, 3.8) is 0 Å². The average molecular weight is 341 g/mol. The molecule has 0 unspecified atom stereocenters. The largest absolute Gasteiger partial charge is 0.508 e. The molecule has 0 saturated carbocycles. The summed E-state index contributed by atoms with van der Waals surface area (Å²) in [6, 6.07) is 11.6. The molecule has 3 N–H and O–H groups in total. The number of rotatable bonds is 9. The molecule has 1 amide bonds. The van der Waals surface area contributed by atoms with Gasteiger partial charge in [-0.05, 0) is 30.5 Å². The Labute approximate surface area is 149 Å². The monoisotopic (exact) mass is 341 g/mol. The SMILES string of the molecule is CCCCCCCCc1ccc(C(=O)Nc2cc(O)cc(O)c2)cc1. The zero-order valence-corrected chi connectivity index (χ0v) is 14.8. The van der Waals surface area contributed by atoms with Crippen molar-refractivity contribution < 1.29 is 15.0 Å². The molecule has 0 bridgehead atoms. The highest BCUT2D eigenvalue weighted by atomic mass is 16.3. The van der Waals surface area contributed by atoms with Crippen molar-refractivity contribution in [2.75, 3.05) is 5.32 Å². The number of anilines is 1. The maximum Gasteiger partial charge on any atom is 0.255 e. The fraction of sp³-hybridized carbons (Fsp3) is 0.381. The van der Waals surface area contributed by atoms with Gasteiger partial charge in [0, 0.05) is 29.4 Å². The van der Waals surface area contributed by atoms with Crippen LogP contribution in [0.25, 0.3) is 0 Å². The Kier molecular flexibility index (Phi) is 7.33. The van der Waals surface area contributed by atoms with Crippen molar-refractivity contribution in [3.8, 4) is 11.5 Å². The minimum Gasteiger partial charge on any atom is -0.508 e. The van der Waals surface area contributed by atoms with Crippen LogP contribution in [-0.2, 0) is 6.42 Å². The van der Waals surface area contributed by atoms with Crippen LogP contribution in [0.5, 0.6) is 11.5 Å². The summed E-state index contributed by atoms with van der Waals surface area (Å²) in [6.45, 7) is 2.22. The smallest absolute Gasteiger partial charge is 0.255 e. The predicted octanol–water partition coefficient (Wildman–Crippen LogP) is 5.25. The standard InChI is InChI=1S/C21H27NO3/c1-2-3-4-5-6-7-8-16-9-11-17(12-10-16)21(25)22-18-13-19(23)15-20(24)14-18/h9-15,23-24H,2-8H2,1H3,(H,22,25). The quantitative estimate of drug-likeness (QED) is 0.545. The molecular formula is C21H27NO3. The van der Waals surface area contributed by atoms with Crippen molar-refractivity contribution in [2.24, 2.45) is 0 Å². The number of hydrogen-bond acceptors (Lipinski definition) is 3. The number of carbonyl (C=O) groups is 1. The van der Waals surface area contributed by atoms with E-state index in [9.17, 15) is 15.0 Å². The Morgan fingerprint density at radius 3 is 2.12 bits per heavy atom. The van der Waals surface area contributed by atoms with E-state index in [0.717, 1.165) is 6.42 Å². The van der Waals surface area contributed by atoms with Crippen LogP contribution in [0.4, 0.5) is 5.69 Å². The van der Waals surface area contributed by atoms with E-state index in [1.165, 1.54) is 62.3 Å². The van der Waals surface area contributed by atoms with Gasteiger partial charge in [-0.15, -0.1) is 0 Å². The molecular weight excluding hydrogens is 314 g/mol. The summed E-state index contributed by atoms with van der Waals surface area (Å²) in [5, 5.41) is 21.6. The van der Waals surface area contributed by atoms with Gasteiger partial charge in [0.2, 0.25) is 0 Å². The van der Waals surface area contributed by atoms with Crippen LogP contribution < -0.4 is 5.32 Å². The summed E-state index contributed by atoms with van der Waals surface area (Å²) < 4.78 is 0. The number of phenolic OH excluding ortho intramolecular Hbond substituents is 2. The van der Waals surface area contributed by atoms with Crippen molar-refractivity contribution in [3.05, 3.63) is 53.6 Å². The average Bonchev–Trinajstić information content (AvgIpc) is 2.57. The first-order valence-electron chi connectivity index (χ1n) is 9.02. The van der Waals surface area contributed by atoms with Gasteiger partial charge in [0.15, 0.2) is 0 Å². The number of carbonyl (C=O) groups excluding carboxylic acids is 1. The predicted molar refractivity (Wildman–Crippen MR) is 101 cm³/mol. The molecule has 0 fully saturated rings. The molecule has 0 radical (unpaired) electrons. The number of nitrogens with one attached hydrogen (secondary N) is 1. The van der Waals surface area contributed by atoms with Crippen molar-refractivity contribution in [1.29, 1.82) is 0 Å². The van der Waals surface area contributed by atoms with Gasteiger partial charge in [-0.3, -0.25) is 4.79 Å². The molecule has 0 aliphatic rings. The molecule has 0 aliphatic carbocycles. The van der Waals surface area contributed by atoms with Crippen LogP contribution in [0.1, 0.15) is 61.4 Å². The van der Waals surface area contributed by atoms with Crippen LogP contribution in [0.3, 0.4) is 0 Å². The lowest BCUT2D eigenvalue weighted by molar-refractivity contribution is 0.102. The van der Waals surface area contributed by atoms with Crippen molar-refractivity contribution >= 4 is 11.6 Å². The Hall–Kier alpha value is -2.49. The summed E-state index contributed by atoms with van der Waals surface area (Å²) in [5.74, 6) is -0.453. The number of hydrogen-bond donors (Lipinski definition) is 3. The van der Waals surface area contributed by atoms with E-state index in [2.05, 4.69) is 12.2 Å². The highest BCUT2D eigenvalue weighted by molar-refractivity contribution is 6.04. The number of unbranched alkanes of at least 4 members (excludes halogenated alkanes) is 5. The summed E-state index contributed by atoms with van der Waals surface area (Å²) in [7, 11) is 0. The third kappa shape index (κ3) is 6.49. The number of aryl methyl sites for hydroxylation is 1. The third-order valence-corrected chi connectivity index (χ3v) is 4.20. The normalized spacial score (nSPS) is 10.6. The van der Waals surface area contributed by atoms with E-state index in [1.54, 1.807) is 0 Å². The molecule has 0 saturated heterocycles. The van der Waals surface area contributed by atoms with Gasteiger partial charge in [-0.25, -0.2) is 0 Å². The molecule has 25 heavy (non-hydrogen) atoms. The second kappa shape index (κ2) is 9.72. The Morgan fingerprint density at radius 1 is 0.880 bits per heavy atom. The number of benzene rings is 2. The van der Waals surface area contributed by atoms with Gasteiger partial charge >= 0.3 is 0 Å². The first-order chi connectivity index (χ1) is 12.1. The van der Waals surface area contributed by atoms with E-state index in [0.29, 0.717) is 11.3 Å². The topological polar surface area (TPSA) is 69.6 Å². The summed E-state index contributed by atoms with van der Waals surface area (Å²) in [5.41, 5.74) is 2.15. The lowest BCUT2D eigenvalue weighted by atomic mass is 10.0. The van der Waals surface area contributed by atoms with Crippen LogP contribution in [0.15, 0.2) is 42.5 Å². The fourth-order valence-corrected chi connectivity index (χ4v) is 2.80. The third-order valence-electron chi connectivity index (χ3n) is 4.20. The zero-order valence-electron chi connectivity index (χ0n) is 14.8. The fourth-order valence-electron chi connectivity index (χ4n) is 2.80. The van der Waals surface area contributed by atoms with Crippen molar-refractivity contribution in [1.82, 2.24) is 0 Å². The number of aromatic hydroxyl groups is 2. The molecule has 0 aliphatic heterocycles. The van der Waals surface area contributed by atoms with E-state index in [4.69, 9.17) is 0 Å². The Morgan fingerprint density at radius 2 is 1.48 bits per heavy atom. The molecule has 0 spiro atoms. The van der Waals surface area contributed by atoms with Gasteiger partial charge in [-0.1, -0.05) is 51.2 Å². The summed E-state index contributed by atoms with van der Waals surface area (Å²) in [4.78, 5) is 12.2. The Bertz CT molecular complexity index is 660. The summed E-state index contributed by atoms with van der Waals surface area (Å²) in [6.07, 6.45) is 8.67. The molecule has 2 aromatic carbocycles. The number of phenols is 2. The minimum absolute atomic E-state index is 0.0930. The molecule has 0 aromatic heterocycles. The molecule has 4 nitrogen and oxygen atoms in total. The van der Waals surface area contributed by atoms with E-state index in [-0.39, 0.29) is 17.4 Å². The van der Waals surface area contributed by atoms with E-state index in [1.807, 2.05) is 24.3 Å². The highest BCUT2D eigenvalue weighted by Crippen LogP contribution is 2.24. The minimum atomic E-state index is -0.267. The molecule has 2 aromatic rings. The molecule has 4 heteroatoms. The molecule has 0 heterocycles. The second-order valence-electron chi connectivity index (χ2n) is 6.41. The zero-order chi connectivity index (χ0) is 18.1. The second-order valence-corrected chi connectivity index (χ2v) is 6.41. The molecule has 0 atom stereocenters. The Balaban J connectivity index is 1.83. The van der Waals surface area contributed by atoms with Crippen LogP contribution >= 0.6 is 0 Å². The van der Waals surface area contributed by atoms with Crippen molar-refractivity contribution in [2.45, 2.75) is 51.9 Å². The lowest BCUT2D eigenvalue weighted by Gasteiger charge is -2.07. The maximum absolute atomic E-state index is 12.2. The van der Waals surface area contributed by atoms with Crippen LogP contribution in [0.2, 0.25) is 0 Å². The van der Waals surface area contributed by atoms with Gasteiger partial charge < -0.3 is 15.5 Å². The number of amides is 1. The first kappa shape index (κ1) is 18.8. The van der Waals surface area contributed by atoms with Gasteiger partial charge in [-0.2, -0.15) is 0 Å². The first-order valence-corrected chi connectivity index (χ1v) is 9.02. The molecule has 134 valence electrons. The molecule has 2 rings (SSSR count).